The van der Waals surface area contributed by atoms with E-state index in [1.165, 1.54) is 12.1 Å². The third kappa shape index (κ3) is 3.83. The number of hydrogen-bond acceptors (Lipinski definition) is 1. The number of aliphatic hydroxyl groups excluding tert-OH is 1. The van der Waals surface area contributed by atoms with E-state index in [9.17, 15) is 13.2 Å². The Morgan fingerprint density at radius 1 is 1.31 bits per heavy atom. The van der Waals surface area contributed by atoms with Crippen molar-refractivity contribution in [3.8, 4) is 0 Å². The first-order chi connectivity index (χ1) is 7.41. The van der Waals surface area contributed by atoms with E-state index < -0.39 is 17.8 Å². The molecule has 0 aliphatic heterocycles. The molecule has 1 aromatic carbocycles. The van der Waals surface area contributed by atoms with Gasteiger partial charge in [-0.15, -0.1) is 0 Å². The average Bonchev–Trinajstić information content (AvgIpc) is 2.16. The zero-order chi connectivity index (χ0) is 12.2. The maximum Gasteiger partial charge on any atom is 0.416 e. The maximum absolute atomic E-state index is 12.6. The minimum atomic E-state index is -4.31. The number of quaternary nitrogens is 1. The second-order valence-corrected chi connectivity index (χ2v) is 3.73. The molecule has 0 radical (unpaired) electrons. The molecule has 0 fully saturated rings. The molecule has 0 aromatic heterocycles. The van der Waals surface area contributed by atoms with Crippen molar-refractivity contribution in [2.75, 3.05) is 6.54 Å². The number of rotatable bonds is 4. The van der Waals surface area contributed by atoms with Crippen LogP contribution >= 0.6 is 0 Å². The van der Waals surface area contributed by atoms with Crippen molar-refractivity contribution < 1.29 is 23.6 Å². The van der Waals surface area contributed by atoms with Crippen LogP contribution in [0, 0.1) is 0 Å². The lowest BCUT2D eigenvalue weighted by Crippen LogP contribution is -2.84. The lowest BCUT2D eigenvalue weighted by molar-refractivity contribution is -0.676. The second-order valence-electron chi connectivity index (χ2n) is 3.73. The maximum atomic E-state index is 12.6. The zero-order valence-corrected chi connectivity index (χ0v) is 8.96. The van der Waals surface area contributed by atoms with E-state index >= 15 is 0 Å². The smallest absolute Gasteiger partial charge is 0.388 e. The van der Waals surface area contributed by atoms with Crippen LogP contribution in [0.2, 0.25) is 0 Å². The highest BCUT2D eigenvalue weighted by molar-refractivity contribution is 5.28. The number of halogens is 3. The van der Waals surface area contributed by atoms with E-state index in [0.29, 0.717) is 6.54 Å². The Kier molecular flexibility index (Phi) is 4.32. The Morgan fingerprint density at radius 2 is 1.94 bits per heavy atom. The van der Waals surface area contributed by atoms with Gasteiger partial charge in [-0.1, -0.05) is 18.2 Å². The van der Waals surface area contributed by atoms with E-state index in [1.807, 2.05) is 0 Å². The highest BCUT2D eigenvalue weighted by Crippen LogP contribution is 2.31. The molecule has 0 heterocycles. The van der Waals surface area contributed by atoms with E-state index in [2.05, 4.69) is 0 Å². The van der Waals surface area contributed by atoms with Crippen molar-refractivity contribution in [1.29, 1.82) is 0 Å². The third-order valence-corrected chi connectivity index (χ3v) is 2.19. The molecule has 2 nitrogen and oxygen atoms in total. The predicted molar refractivity (Wildman–Crippen MR) is 53.6 cm³/mol. The highest BCUT2D eigenvalue weighted by Gasteiger charge is 2.33. The Hall–Kier alpha value is -1.07. The number of benzene rings is 1. The first-order valence-corrected chi connectivity index (χ1v) is 5.06. The molecule has 1 rings (SSSR count). The van der Waals surface area contributed by atoms with Gasteiger partial charge >= 0.3 is 6.18 Å². The van der Waals surface area contributed by atoms with Gasteiger partial charge in [-0.2, -0.15) is 13.2 Å². The van der Waals surface area contributed by atoms with Gasteiger partial charge in [0.25, 0.3) is 0 Å². The molecule has 3 N–H and O–H groups in total. The fourth-order valence-corrected chi connectivity index (χ4v) is 1.45. The molecule has 0 unspecified atom stereocenters. The van der Waals surface area contributed by atoms with Crippen LogP contribution in [0.1, 0.15) is 18.1 Å². The van der Waals surface area contributed by atoms with Crippen LogP contribution in [0.4, 0.5) is 13.2 Å². The summed E-state index contributed by atoms with van der Waals surface area (Å²) in [6, 6.07) is 5.49. The fraction of sp³-hybridized carbons (Fsp3) is 0.455. The Labute approximate surface area is 92.1 Å². The quantitative estimate of drug-likeness (QED) is 0.805. The molecule has 1 aromatic rings. The molecule has 1 atom stereocenters. The summed E-state index contributed by atoms with van der Waals surface area (Å²) in [6.07, 6.45) is -4.83. The lowest BCUT2D eigenvalue weighted by Gasteiger charge is -2.12. The molecule has 90 valence electrons. The molecule has 0 saturated heterocycles. The van der Waals surface area contributed by atoms with Crippen LogP contribution in [0.3, 0.4) is 0 Å². The summed E-state index contributed by atoms with van der Waals surface area (Å²) >= 11 is 0. The van der Waals surface area contributed by atoms with Crippen LogP contribution in [-0.4, -0.2) is 17.8 Å². The molecule has 5 heteroatoms. The molecule has 16 heavy (non-hydrogen) atoms. The van der Waals surface area contributed by atoms with Gasteiger partial charge in [0, 0.05) is 5.56 Å². The molecule has 0 aliphatic carbocycles. The van der Waals surface area contributed by atoms with Crippen LogP contribution in [-0.2, 0) is 12.7 Å². The second kappa shape index (κ2) is 5.32. The minimum absolute atomic E-state index is 0.223. The van der Waals surface area contributed by atoms with Gasteiger partial charge in [-0.25, -0.2) is 0 Å². The highest BCUT2D eigenvalue weighted by atomic mass is 19.4. The predicted octanol–water partition coefficient (Wildman–Crippen LogP) is 1.15. The lowest BCUT2D eigenvalue weighted by atomic mass is 10.1. The fourth-order valence-electron chi connectivity index (χ4n) is 1.45. The van der Waals surface area contributed by atoms with E-state index in [1.54, 1.807) is 18.3 Å². The summed E-state index contributed by atoms with van der Waals surface area (Å²) in [6.45, 7) is 2.22. The van der Waals surface area contributed by atoms with Crippen LogP contribution in [0.5, 0.6) is 0 Å². The first kappa shape index (κ1) is 13.0. The standard InChI is InChI=1S/C11H14F3NO/c1-8(16)6-15-7-9-4-2-3-5-10(9)11(12,13)14/h2-5,8,15-16H,6-7H2,1H3/p+1/t8-/m0/s1. The van der Waals surface area contributed by atoms with Crippen LogP contribution in [0.15, 0.2) is 24.3 Å². The molecular formula is C11H15F3NO+. The summed E-state index contributed by atoms with van der Waals surface area (Å²) in [7, 11) is 0. The normalized spacial score (nSPS) is 13.8. The molecule has 0 amide bonds. The molecule has 0 aliphatic rings. The van der Waals surface area contributed by atoms with Crippen LogP contribution < -0.4 is 5.32 Å². The van der Waals surface area contributed by atoms with Crippen LogP contribution in [0.25, 0.3) is 0 Å². The first-order valence-electron chi connectivity index (χ1n) is 5.06. The van der Waals surface area contributed by atoms with Gasteiger partial charge in [-0.05, 0) is 13.0 Å². The third-order valence-electron chi connectivity index (χ3n) is 2.19. The number of hydrogen-bond donors (Lipinski definition) is 2. The number of alkyl halides is 3. The van der Waals surface area contributed by atoms with E-state index in [4.69, 9.17) is 5.11 Å². The molecular weight excluding hydrogens is 219 g/mol. The number of nitrogens with two attached hydrogens (primary N) is 1. The van der Waals surface area contributed by atoms with Gasteiger partial charge in [0.2, 0.25) is 0 Å². The summed E-state index contributed by atoms with van der Waals surface area (Å²) < 4.78 is 37.7. The summed E-state index contributed by atoms with van der Waals surface area (Å²) in [5.41, 5.74) is -0.354. The number of aliphatic hydroxyl groups is 1. The van der Waals surface area contributed by atoms with Gasteiger partial charge in [0.15, 0.2) is 0 Å². The summed E-state index contributed by atoms with van der Waals surface area (Å²) in [5.74, 6) is 0. The van der Waals surface area contributed by atoms with Crippen molar-refractivity contribution in [1.82, 2.24) is 0 Å². The van der Waals surface area contributed by atoms with E-state index in [-0.39, 0.29) is 12.1 Å². The molecule has 0 saturated carbocycles. The van der Waals surface area contributed by atoms with E-state index in [0.717, 1.165) is 6.07 Å². The Morgan fingerprint density at radius 3 is 2.50 bits per heavy atom. The van der Waals surface area contributed by atoms with Crippen molar-refractivity contribution in [3.63, 3.8) is 0 Å². The summed E-state index contributed by atoms with van der Waals surface area (Å²) in [4.78, 5) is 0. The SMILES string of the molecule is C[C@H](O)C[NH2+]Cc1ccccc1C(F)(F)F. The Balaban J connectivity index is 2.72. The van der Waals surface area contributed by atoms with Crippen molar-refractivity contribution >= 4 is 0 Å². The Bertz CT molecular complexity index is 336. The summed E-state index contributed by atoms with van der Waals surface area (Å²) in [5, 5.41) is 10.7. The van der Waals surface area contributed by atoms with Gasteiger partial charge in [0.1, 0.15) is 13.1 Å². The molecule has 0 spiro atoms. The van der Waals surface area contributed by atoms with Crippen molar-refractivity contribution in [2.45, 2.75) is 25.7 Å². The van der Waals surface area contributed by atoms with Gasteiger partial charge in [-0.3, -0.25) is 0 Å². The molecule has 0 bridgehead atoms. The topological polar surface area (TPSA) is 36.8 Å². The zero-order valence-electron chi connectivity index (χ0n) is 8.96. The van der Waals surface area contributed by atoms with Gasteiger partial charge < -0.3 is 10.4 Å². The largest absolute Gasteiger partial charge is 0.416 e. The monoisotopic (exact) mass is 234 g/mol. The minimum Gasteiger partial charge on any atom is -0.388 e. The van der Waals surface area contributed by atoms with Crippen molar-refractivity contribution in [2.24, 2.45) is 0 Å². The van der Waals surface area contributed by atoms with Gasteiger partial charge in [0.05, 0.1) is 11.7 Å². The van der Waals surface area contributed by atoms with Crippen molar-refractivity contribution in [3.05, 3.63) is 35.4 Å². The average molecular weight is 234 g/mol.